The van der Waals surface area contributed by atoms with E-state index in [2.05, 4.69) is 18.7 Å². The van der Waals surface area contributed by atoms with E-state index < -0.39 is 5.91 Å². The van der Waals surface area contributed by atoms with E-state index in [9.17, 15) is 9.59 Å². The first-order valence-corrected chi connectivity index (χ1v) is 8.86. The molecule has 1 aromatic rings. The van der Waals surface area contributed by atoms with Crippen LogP contribution in [0, 0.1) is 5.41 Å². The van der Waals surface area contributed by atoms with Crippen molar-refractivity contribution in [3.63, 3.8) is 0 Å². The van der Waals surface area contributed by atoms with Crippen LogP contribution in [0.3, 0.4) is 0 Å². The number of piperidine rings is 1. The summed E-state index contributed by atoms with van der Waals surface area (Å²) in [5.74, 6) is -0.368. The van der Waals surface area contributed by atoms with Crippen molar-refractivity contribution in [3.05, 3.63) is 35.9 Å². The van der Waals surface area contributed by atoms with Crippen LogP contribution in [0.25, 0.3) is 0 Å². The summed E-state index contributed by atoms with van der Waals surface area (Å²) in [6.07, 6.45) is 1.06. The number of rotatable bonds is 7. The van der Waals surface area contributed by atoms with E-state index in [1.54, 1.807) is 4.90 Å². The fourth-order valence-electron chi connectivity index (χ4n) is 3.25. The summed E-state index contributed by atoms with van der Waals surface area (Å²) in [4.78, 5) is 27.9. The minimum Gasteiger partial charge on any atom is -0.370 e. The lowest BCUT2D eigenvalue weighted by molar-refractivity contribution is -0.134. The second-order valence-electron chi connectivity index (χ2n) is 7.61. The van der Waals surface area contributed by atoms with Crippen LogP contribution in [0.5, 0.6) is 0 Å². The van der Waals surface area contributed by atoms with Crippen LogP contribution in [0.2, 0.25) is 0 Å². The van der Waals surface area contributed by atoms with E-state index in [0.29, 0.717) is 19.6 Å². The van der Waals surface area contributed by atoms with Crippen molar-refractivity contribution in [3.8, 4) is 0 Å². The van der Waals surface area contributed by atoms with Gasteiger partial charge in [-0.05, 0) is 17.4 Å². The lowest BCUT2D eigenvalue weighted by atomic mass is 9.80. The molecule has 1 unspecified atom stereocenters. The van der Waals surface area contributed by atoms with E-state index in [4.69, 9.17) is 11.5 Å². The highest BCUT2D eigenvalue weighted by Gasteiger charge is 2.34. The van der Waals surface area contributed by atoms with Gasteiger partial charge < -0.3 is 16.4 Å². The zero-order chi connectivity index (χ0) is 18.4. The van der Waals surface area contributed by atoms with Crippen molar-refractivity contribution < 1.29 is 9.59 Å². The molecule has 1 heterocycles. The molecule has 1 saturated heterocycles. The molecule has 0 aromatic heterocycles. The van der Waals surface area contributed by atoms with Gasteiger partial charge in [-0.3, -0.25) is 14.5 Å². The first-order valence-electron chi connectivity index (χ1n) is 8.86. The number of primary amides is 1. The highest BCUT2D eigenvalue weighted by atomic mass is 16.2. The van der Waals surface area contributed by atoms with Gasteiger partial charge in [0.05, 0.1) is 6.54 Å². The fourth-order valence-corrected chi connectivity index (χ4v) is 3.25. The number of hydrogen-bond acceptors (Lipinski definition) is 4. The van der Waals surface area contributed by atoms with Gasteiger partial charge in [-0.15, -0.1) is 0 Å². The molecule has 0 radical (unpaired) electrons. The van der Waals surface area contributed by atoms with Crippen LogP contribution >= 0.6 is 0 Å². The number of benzene rings is 1. The zero-order valence-electron chi connectivity index (χ0n) is 15.3. The topological polar surface area (TPSA) is 92.7 Å². The van der Waals surface area contributed by atoms with Crippen LogP contribution in [0.15, 0.2) is 30.3 Å². The highest BCUT2D eigenvalue weighted by molar-refractivity contribution is 5.79. The van der Waals surface area contributed by atoms with Crippen molar-refractivity contribution in [2.75, 3.05) is 26.2 Å². The third kappa shape index (κ3) is 5.83. The summed E-state index contributed by atoms with van der Waals surface area (Å²) in [5.41, 5.74) is 12.5. The van der Waals surface area contributed by atoms with Crippen LogP contribution in [0.4, 0.5) is 0 Å². The van der Waals surface area contributed by atoms with Crippen molar-refractivity contribution in [2.24, 2.45) is 16.9 Å². The number of carbonyl (C=O) groups excluding carboxylic acids is 2. The Balaban J connectivity index is 2.00. The lowest BCUT2D eigenvalue weighted by Crippen LogP contribution is -2.54. The smallest absolute Gasteiger partial charge is 0.237 e. The summed E-state index contributed by atoms with van der Waals surface area (Å²) in [5, 5.41) is 0. The van der Waals surface area contributed by atoms with Crippen molar-refractivity contribution in [2.45, 2.75) is 39.3 Å². The van der Waals surface area contributed by atoms with Gasteiger partial charge >= 0.3 is 0 Å². The molecule has 2 amide bonds. The predicted molar refractivity (Wildman–Crippen MR) is 98.5 cm³/mol. The Morgan fingerprint density at radius 2 is 1.96 bits per heavy atom. The minimum absolute atomic E-state index is 0.00395. The van der Waals surface area contributed by atoms with Crippen molar-refractivity contribution in [1.82, 2.24) is 9.80 Å². The van der Waals surface area contributed by atoms with Crippen LogP contribution in [0.1, 0.15) is 32.3 Å². The number of likely N-dealkylation sites (tertiary alicyclic amines) is 1. The zero-order valence-corrected chi connectivity index (χ0v) is 15.3. The van der Waals surface area contributed by atoms with Gasteiger partial charge in [-0.2, -0.15) is 0 Å². The quantitative estimate of drug-likeness (QED) is 0.769. The molecule has 6 heteroatoms. The van der Waals surface area contributed by atoms with Gasteiger partial charge in [0.25, 0.3) is 0 Å². The molecule has 0 bridgehead atoms. The molecule has 1 atom stereocenters. The Morgan fingerprint density at radius 1 is 1.28 bits per heavy atom. The standard InChI is InChI=1S/C19H30N4O2/c1-19(2)14-22(10-8-16(19)20)13-18(25)23(11-9-17(21)24)12-15-6-4-3-5-7-15/h3-7,16H,8-14,20H2,1-2H3,(H2,21,24). The van der Waals surface area contributed by atoms with Crippen molar-refractivity contribution >= 4 is 11.8 Å². The maximum Gasteiger partial charge on any atom is 0.237 e. The van der Waals surface area contributed by atoms with Gasteiger partial charge in [-0.25, -0.2) is 0 Å². The first kappa shape index (κ1) is 19.4. The maximum atomic E-state index is 12.8. The fraction of sp³-hybridized carbons (Fsp3) is 0.579. The number of nitrogens with zero attached hydrogens (tertiary/aromatic N) is 2. The van der Waals surface area contributed by atoms with E-state index >= 15 is 0 Å². The van der Waals surface area contributed by atoms with E-state index in [1.165, 1.54) is 0 Å². The number of hydrogen-bond donors (Lipinski definition) is 2. The summed E-state index contributed by atoms with van der Waals surface area (Å²) in [7, 11) is 0. The molecule has 2 rings (SSSR count). The Hall–Kier alpha value is -1.92. The Kier molecular flexibility index (Phi) is 6.56. The molecule has 1 fully saturated rings. The molecule has 4 N–H and O–H groups in total. The summed E-state index contributed by atoms with van der Waals surface area (Å²) >= 11 is 0. The SMILES string of the molecule is CC1(C)CN(CC(=O)N(CCC(N)=O)Cc2ccccc2)CCC1N. The molecular formula is C19H30N4O2. The molecular weight excluding hydrogens is 316 g/mol. The maximum absolute atomic E-state index is 12.8. The van der Waals surface area contributed by atoms with E-state index in [-0.39, 0.29) is 23.8 Å². The first-order chi connectivity index (χ1) is 11.8. The van der Waals surface area contributed by atoms with Gasteiger partial charge in [0, 0.05) is 38.6 Å². The third-order valence-electron chi connectivity index (χ3n) is 4.95. The molecule has 0 spiro atoms. The second-order valence-corrected chi connectivity index (χ2v) is 7.61. The molecule has 1 aliphatic heterocycles. The Labute approximate surface area is 150 Å². The van der Waals surface area contributed by atoms with Crippen LogP contribution < -0.4 is 11.5 Å². The molecule has 1 aromatic carbocycles. The average molecular weight is 346 g/mol. The second kappa shape index (κ2) is 8.45. The van der Waals surface area contributed by atoms with Gasteiger partial charge in [0.1, 0.15) is 0 Å². The monoisotopic (exact) mass is 346 g/mol. The number of carbonyl (C=O) groups is 2. The molecule has 0 saturated carbocycles. The van der Waals surface area contributed by atoms with E-state index in [0.717, 1.165) is 25.1 Å². The average Bonchev–Trinajstić information content (AvgIpc) is 2.55. The highest BCUT2D eigenvalue weighted by Crippen LogP contribution is 2.27. The number of amides is 2. The third-order valence-corrected chi connectivity index (χ3v) is 4.95. The van der Waals surface area contributed by atoms with Gasteiger partial charge in [-0.1, -0.05) is 44.2 Å². The van der Waals surface area contributed by atoms with Crippen LogP contribution in [-0.2, 0) is 16.1 Å². The Bertz CT molecular complexity index is 588. The molecule has 25 heavy (non-hydrogen) atoms. The normalized spacial score (nSPS) is 20.2. The lowest BCUT2D eigenvalue weighted by Gasteiger charge is -2.42. The van der Waals surface area contributed by atoms with Crippen LogP contribution in [-0.4, -0.2) is 53.8 Å². The summed E-state index contributed by atoms with van der Waals surface area (Å²) in [6, 6.07) is 9.95. The summed E-state index contributed by atoms with van der Waals surface area (Å²) in [6.45, 7) is 7.09. The van der Waals surface area contributed by atoms with Crippen molar-refractivity contribution in [1.29, 1.82) is 0 Å². The number of nitrogens with two attached hydrogens (primary N) is 2. The largest absolute Gasteiger partial charge is 0.370 e. The predicted octanol–water partition coefficient (Wildman–Crippen LogP) is 0.950. The molecule has 138 valence electrons. The minimum atomic E-state index is -0.393. The van der Waals surface area contributed by atoms with Gasteiger partial charge in [0.15, 0.2) is 0 Å². The van der Waals surface area contributed by atoms with Gasteiger partial charge in [0.2, 0.25) is 11.8 Å². The molecule has 1 aliphatic rings. The summed E-state index contributed by atoms with van der Waals surface area (Å²) < 4.78 is 0. The molecule has 0 aliphatic carbocycles. The Morgan fingerprint density at radius 3 is 2.56 bits per heavy atom. The van der Waals surface area contributed by atoms with E-state index in [1.807, 2.05) is 30.3 Å². The molecule has 6 nitrogen and oxygen atoms in total.